The molecular formula is C14H24N2O3S. The molecule has 5 nitrogen and oxygen atoms in total. The first-order chi connectivity index (χ1) is 9.54. The fourth-order valence-corrected chi connectivity index (χ4v) is 3.87. The van der Waals surface area contributed by atoms with E-state index in [1.807, 2.05) is 16.7 Å². The average Bonchev–Trinajstić information content (AvgIpc) is 2.84. The minimum atomic E-state index is -0.750. The van der Waals surface area contributed by atoms with Crippen LogP contribution in [-0.2, 0) is 4.79 Å². The summed E-state index contributed by atoms with van der Waals surface area (Å²) >= 11 is 1.86. The van der Waals surface area contributed by atoms with Gasteiger partial charge in [0.15, 0.2) is 0 Å². The van der Waals surface area contributed by atoms with E-state index < -0.39 is 5.97 Å². The summed E-state index contributed by atoms with van der Waals surface area (Å²) in [6.07, 6.45) is 7.56. The van der Waals surface area contributed by atoms with Crippen LogP contribution in [0.4, 0.5) is 4.79 Å². The molecule has 1 atom stereocenters. The summed E-state index contributed by atoms with van der Waals surface area (Å²) in [5.74, 6) is -0.408. The summed E-state index contributed by atoms with van der Waals surface area (Å²) in [6.45, 7) is 2.21. The SMILES string of the molecule is CSC1(CNC(=O)N2CCC(CCC(=O)O)C2)CCC1. The van der Waals surface area contributed by atoms with Crippen LogP contribution >= 0.6 is 11.8 Å². The fraction of sp³-hybridized carbons (Fsp3) is 0.857. The summed E-state index contributed by atoms with van der Waals surface area (Å²) in [4.78, 5) is 24.5. The number of urea groups is 1. The summed E-state index contributed by atoms with van der Waals surface area (Å²) < 4.78 is 0.262. The number of carbonyl (C=O) groups is 2. The number of likely N-dealkylation sites (tertiary alicyclic amines) is 1. The molecular weight excluding hydrogens is 276 g/mol. The van der Waals surface area contributed by atoms with Gasteiger partial charge in [0, 0.05) is 30.8 Å². The second kappa shape index (κ2) is 6.70. The third kappa shape index (κ3) is 3.81. The zero-order valence-corrected chi connectivity index (χ0v) is 12.9. The van der Waals surface area contributed by atoms with Gasteiger partial charge in [0.1, 0.15) is 0 Å². The number of nitrogens with zero attached hydrogens (tertiary/aromatic N) is 1. The van der Waals surface area contributed by atoms with Crippen molar-refractivity contribution >= 4 is 23.8 Å². The Balaban J connectivity index is 1.70. The van der Waals surface area contributed by atoms with Gasteiger partial charge >= 0.3 is 12.0 Å². The Morgan fingerprint density at radius 1 is 1.45 bits per heavy atom. The fourth-order valence-electron chi connectivity index (χ4n) is 2.95. The standard InChI is InChI=1S/C14H24N2O3S/c1-20-14(6-2-7-14)10-15-13(19)16-8-5-11(9-16)3-4-12(17)18/h11H,2-10H2,1H3,(H,15,19)(H,17,18). The van der Waals surface area contributed by atoms with Crippen LogP contribution in [-0.4, -0.2) is 52.6 Å². The van der Waals surface area contributed by atoms with Gasteiger partial charge in [0.05, 0.1) is 0 Å². The van der Waals surface area contributed by atoms with E-state index in [1.165, 1.54) is 19.3 Å². The van der Waals surface area contributed by atoms with Crippen molar-refractivity contribution in [2.75, 3.05) is 25.9 Å². The highest BCUT2D eigenvalue weighted by atomic mass is 32.2. The number of nitrogens with one attached hydrogen (secondary N) is 1. The predicted molar refractivity (Wildman–Crippen MR) is 80.0 cm³/mol. The number of carbonyl (C=O) groups excluding carboxylic acids is 1. The lowest BCUT2D eigenvalue weighted by Crippen LogP contribution is -2.48. The van der Waals surface area contributed by atoms with Gasteiger partial charge in [-0.3, -0.25) is 4.79 Å². The molecule has 2 N–H and O–H groups in total. The maximum Gasteiger partial charge on any atom is 0.317 e. The van der Waals surface area contributed by atoms with Crippen LogP contribution in [0, 0.1) is 5.92 Å². The number of carboxylic acid groups (broad SMARTS) is 1. The lowest BCUT2D eigenvalue weighted by atomic mass is 9.84. The van der Waals surface area contributed by atoms with Crippen LogP contribution in [0.3, 0.4) is 0 Å². The molecule has 1 saturated carbocycles. The lowest BCUT2D eigenvalue weighted by Gasteiger charge is -2.40. The van der Waals surface area contributed by atoms with E-state index >= 15 is 0 Å². The second-order valence-corrected chi connectivity index (χ2v) is 7.21. The van der Waals surface area contributed by atoms with Crippen molar-refractivity contribution in [3.63, 3.8) is 0 Å². The van der Waals surface area contributed by atoms with Gasteiger partial charge in [-0.1, -0.05) is 6.42 Å². The maximum absolute atomic E-state index is 12.1. The van der Waals surface area contributed by atoms with E-state index in [0.717, 1.165) is 19.5 Å². The molecule has 1 aliphatic carbocycles. The number of thioether (sulfide) groups is 1. The zero-order chi connectivity index (χ0) is 14.6. The molecule has 0 aromatic rings. The molecule has 1 saturated heterocycles. The Morgan fingerprint density at radius 3 is 2.75 bits per heavy atom. The van der Waals surface area contributed by atoms with E-state index in [9.17, 15) is 9.59 Å². The van der Waals surface area contributed by atoms with Gasteiger partial charge in [0.2, 0.25) is 0 Å². The van der Waals surface area contributed by atoms with Crippen molar-refractivity contribution in [1.29, 1.82) is 0 Å². The Bertz CT molecular complexity index is 366. The molecule has 1 aliphatic heterocycles. The predicted octanol–water partition coefficient (Wildman–Crippen LogP) is 2.17. The van der Waals surface area contributed by atoms with Gasteiger partial charge < -0.3 is 15.3 Å². The minimum absolute atomic E-state index is 0.0168. The Kier molecular flexibility index (Phi) is 5.18. The van der Waals surface area contributed by atoms with Crippen molar-refractivity contribution in [3.05, 3.63) is 0 Å². The van der Waals surface area contributed by atoms with E-state index in [0.29, 0.717) is 18.9 Å². The van der Waals surface area contributed by atoms with Crippen molar-refractivity contribution in [2.45, 2.75) is 43.3 Å². The molecule has 1 heterocycles. The van der Waals surface area contributed by atoms with Gasteiger partial charge in [-0.15, -0.1) is 0 Å². The molecule has 2 fully saturated rings. The topological polar surface area (TPSA) is 69.6 Å². The molecule has 2 rings (SSSR count). The number of amides is 2. The molecule has 6 heteroatoms. The van der Waals surface area contributed by atoms with Crippen LogP contribution < -0.4 is 5.32 Å². The highest BCUT2D eigenvalue weighted by molar-refractivity contribution is 8.00. The van der Waals surface area contributed by atoms with Gasteiger partial charge in [-0.05, 0) is 37.9 Å². The quantitative estimate of drug-likeness (QED) is 0.789. The molecule has 1 unspecified atom stereocenters. The number of hydrogen-bond acceptors (Lipinski definition) is 3. The summed E-state index contributed by atoms with van der Waals surface area (Å²) in [5, 5.41) is 11.7. The van der Waals surface area contributed by atoms with Crippen LogP contribution in [0.2, 0.25) is 0 Å². The molecule has 114 valence electrons. The smallest absolute Gasteiger partial charge is 0.317 e. The maximum atomic E-state index is 12.1. The Morgan fingerprint density at radius 2 is 2.20 bits per heavy atom. The molecule has 20 heavy (non-hydrogen) atoms. The van der Waals surface area contributed by atoms with E-state index in [-0.39, 0.29) is 17.2 Å². The van der Waals surface area contributed by atoms with Crippen LogP contribution in [0.1, 0.15) is 38.5 Å². The summed E-state index contributed by atoms with van der Waals surface area (Å²) in [5.41, 5.74) is 0. The van der Waals surface area contributed by atoms with E-state index in [2.05, 4.69) is 11.6 Å². The largest absolute Gasteiger partial charge is 0.481 e. The third-order valence-corrected chi connectivity index (χ3v) is 6.02. The van der Waals surface area contributed by atoms with Crippen LogP contribution in [0.25, 0.3) is 0 Å². The minimum Gasteiger partial charge on any atom is -0.481 e. The average molecular weight is 300 g/mol. The third-order valence-electron chi connectivity index (χ3n) is 4.60. The first kappa shape index (κ1) is 15.5. The lowest BCUT2D eigenvalue weighted by molar-refractivity contribution is -0.137. The molecule has 0 spiro atoms. The molecule has 0 aromatic carbocycles. The monoisotopic (exact) mass is 300 g/mol. The van der Waals surface area contributed by atoms with E-state index in [4.69, 9.17) is 5.11 Å². The number of rotatable bonds is 6. The normalized spacial score (nSPS) is 24.2. The molecule has 2 aliphatic rings. The summed E-state index contributed by atoms with van der Waals surface area (Å²) in [6, 6.07) is 0.0168. The van der Waals surface area contributed by atoms with Crippen molar-refractivity contribution in [3.8, 4) is 0 Å². The Hall–Kier alpha value is -0.910. The number of carboxylic acids is 1. The van der Waals surface area contributed by atoms with Gasteiger partial charge in [-0.25, -0.2) is 4.79 Å². The first-order valence-corrected chi connectivity index (χ1v) is 8.57. The first-order valence-electron chi connectivity index (χ1n) is 7.34. The van der Waals surface area contributed by atoms with E-state index in [1.54, 1.807) is 0 Å². The summed E-state index contributed by atoms with van der Waals surface area (Å²) in [7, 11) is 0. The highest BCUT2D eigenvalue weighted by Crippen LogP contribution is 2.42. The Labute approximate surface area is 124 Å². The van der Waals surface area contributed by atoms with Gasteiger partial charge in [-0.2, -0.15) is 11.8 Å². The molecule has 0 radical (unpaired) electrons. The van der Waals surface area contributed by atoms with Crippen molar-refractivity contribution in [1.82, 2.24) is 10.2 Å². The molecule has 2 amide bonds. The van der Waals surface area contributed by atoms with Crippen LogP contribution in [0.15, 0.2) is 0 Å². The van der Waals surface area contributed by atoms with Crippen LogP contribution in [0.5, 0.6) is 0 Å². The second-order valence-electron chi connectivity index (χ2n) is 5.93. The number of aliphatic carboxylic acids is 1. The van der Waals surface area contributed by atoms with Crippen molar-refractivity contribution in [2.24, 2.45) is 5.92 Å². The number of hydrogen-bond donors (Lipinski definition) is 2. The molecule has 0 bridgehead atoms. The van der Waals surface area contributed by atoms with Gasteiger partial charge in [0.25, 0.3) is 0 Å². The van der Waals surface area contributed by atoms with Crippen molar-refractivity contribution < 1.29 is 14.7 Å². The zero-order valence-electron chi connectivity index (χ0n) is 12.1. The molecule has 0 aromatic heterocycles. The highest BCUT2D eigenvalue weighted by Gasteiger charge is 2.37.